The Morgan fingerprint density at radius 3 is 2.79 bits per heavy atom. The molecule has 0 aliphatic heterocycles. The molecule has 0 fully saturated rings. The first-order chi connectivity index (χ1) is 9.28. The highest BCUT2D eigenvalue weighted by molar-refractivity contribution is 5.83. The highest BCUT2D eigenvalue weighted by Crippen LogP contribution is 2.08. The fraction of sp³-hybridized carbons (Fsp3) is 0.154. The SMILES string of the molecule is COc1nccc(NC(=O)OCc2ccccc2)n1. The predicted octanol–water partition coefficient (Wildman–Crippen LogP) is 2.23. The number of ether oxygens (including phenoxy) is 2. The van der Waals surface area contributed by atoms with E-state index in [1.165, 1.54) is 13.3 Å². The summed E-state index contributed by atoms with van der Waals surface area (Å²) < 4.78 is 9.91. The van der Waals surface area contributed by atoms with E-state index in [0.29, 0.717) is 5.82 Å². The molecule has 98 valence electrons. The Labute approximate surface area is 110 Å². The summed E-state index contributed by atoms with van der Waals surface area (Å²) in [4.78, 5) is 19.3. The molecule has 0 radical (unpaired) electrons. The first-order valence-corrected chi connectivity index (χ1v) is 5.62. The fourth-order valence-corrected chi connectivity index (χ4v) is 1.37. The number of hydrogen-bond acceptors (Lipinski definition) is 5. The third-order valence-electron chi connectivity index (χ3n) is 2.26. The Morgan fingerprint density at radius 1 is 1.26 bits per heavy atom. The van der Waals surface area contributed by atoms with E-state index in [9.17, 15) is 4.79 Å². The lowest BCUT2D eigenvalue weighted by Crippen LogP contribution is -2.14. The zero-order valence-electron chi connectivity index (χ0n) is 10.4. The zero-order valence-corrected chi connectivity index (χ0v) is 10.4. The second-order valence-electron chi connectivity index (χ2n) is 3.62. The summed E-state index contributed by atoms with van der Waals surface area (Å²) in [6.07, 6.45) is 0.906. The Morgan fingerprint density at radius 2 is 2.05 bits per heavy atom. The molecular weight excluding hydrogens is 246 g/mol. The van der Waals surface area contributed by atoms with Crippen molar-refractivity contribution in [1.29, 1.82) is 0 Å². The molecule has 2 aromatic rings. The van der Waals surface area contributed by atoms with Crippen molar-refractivity contribution in [3.63, 3.8) is 0 Å². The molecule has 0 saturated heterocycles. The molecule has 19 heavy (non-hydrogen) atoms. The standard InChI is InChI=1S/C13H13N3O3/c1-18-12-14-8-7-11(15-12)16-13(17)19-9-10-5-3-2-4-6-10/h2-8H,9H2,1H3,(H,14,15,16,17). The molecule has 1 heterocycles. The summed E-state index contributed by atoms with van der Waals surface area (Å²) in [5, 5.41) is 2.49. The van der Waals surface area contributed by atoms with Crippen LogP contribution in [0.5, 0.6) is 6.01 Å². The number of hydrogen-bond donors (Lipinski definition) is 1. The number of anilines is 1. The maximum absolute atomic E-state index is 11.6. The van der Waals surface area contributed by atoms with Gasteiger partial charge in [-0.25, -0.2) is 9.78 Å². The normalized spacial score (nSPS) is 9.74. The van der Waals surface area contributed by atoms with Gasteiger partial charge in [-0.2, -0.15) is 4.98 Å². The number of aromatic nitrogens is 2. The number of nitrogens with one attached hydrogen (secondary N) is 1. The van der Waals surface area contributed by atoms with Gasteiger partial charge in [0.2, 0.25) is 0 Å². The van der Waals surface area contributed by atoms with E-state index in [1.54, 1.807) is 6.07 Å². The fourth-order valence-electron chi connectivity index (χ4n) is 1.37. The van der Waals surface area contributed by atoms with Gasteiger partial charge in [0.15, 0.2) is 0 Å². The van der Waals surface area contributed by atoms with Crippen molar-refractivity contribution >= 4 is 11.9 Å². The van der Waals surface area contributed by atoms with Gasteiger partial charge in [0.25, 0.3) is 0 Å². The topological polar surface area (TPSA) is 73.3 Å². The summed E-state index contributed by atoms with van der Waals surface area (Å²) in [5.74, 6) is 0.324. The van der Waals surface area contributed by atoms with Gasteiger partial charge in [0.05, 0.1) is 7.11 Å². The number of carbonyl (C=O) groups excluding carboxylic acids is 1. The van der Waals surface area contributed by atoms with Gasteiger partial charge in [-0.1, -0.05) is 30.3 Å². The number of amides is 1. The molecule has 0 aliphatic rings. The smallest absolute Gasteiger partial charge is 0.413 e. The molecule has 1 aromatic carbocycles. The second kappa shape index (κ2) is 6.34. The summed E-state index contributed by atoms with van der Waals surface area (Å²) in [6.45, 7) is 0.203. The molecule has 6 heteroatoms. The van der Waals surface area contributed by atoms with Gasteiger partial charge in [0.1, 0.15) is 12.4 Å². The minimum absolute atomic E-state index is 0.181. The van der Waals surface area contributed by atoms with Crippen LogP contribution < -0.4 is 10.1 Å². The van der Waals surface area contributed by atoms with Crippen LogP contribution in [0.2, 0.25) is 0 Å². The van der Waals surface area contributed by atoms with Gasteiger partial charge < -0.3 is 9.47 Å². The van der Waals surface area contributed by atoms with Crippen molar-refractivity contribution in [2.75, 3.05) is 12.4 Å². The monoisotopic (exact) mass is 259 g/mol. The largest absolute Gasteiger partial charge is 0.467 e. The maximum Gasteiger partial charge on any atom is 0.413 e. The first-order valence-electron chi connectivity index (χ1n) is 5.62. The van der Waals surface area contributed by atoms with Crippen molar-refractivity contribution < 1.29 is 14.3 Å². The first kappa shape index (κ1) is 12.8. The molecule has 0 unspecified atom stereocenters. The third kappa shape index (κ3) is 3.95. The summed E-state index contributed by atoms with van der Waals surface area (Å²) in [6, 6.07) is 11.1. The molecule has 1 amide bonds. The highest BCUT2D eigenvalue weighted by atomic mass is 16.5. The molecule has 0 atom stereocenters. The van der Waals surface area contributed by atoms with Crippen LogP contribution >= 0.6 is 0 Å². The van der Waals surface area contributed by atoms with Crippen molar-refractivity contribution in [1.82, 2.24) is 9.97 Å². The predicted molar refractivity (Wildman–Crippen MR) is 68.8 cm³/mol. The molecule has 2 rings (SSSR count). The number of carbonyl (C=O) groups is 1. The van der Waals surface area contributed by atoms with E-state index in [-0.39, 0.29) is 12.6 Å². The van der Waals surface area contributed by atoms with Crippen LogP contribution in [0.15, 0.2) is 42.6 Å². The van der Waals surface area contributed by atoms with E-state index in [1.807, 2.05) is 30.3 Å². The van der Waals surface area contributed by atoms with Crippen LogP contribution in [-0.4, -0.2) is 23.2 Å². The Kier molecular flexibility index (Phi) is 4.28. The summed E-state index contributed by atoms with van der Waals surface area (Å²) >= 11 is 0. The third-order valence-corrected chi connectivity index (χ3v) is 2.26. The average molecular weight is 259 g/mol. The molecule has 1 aromatic heterocycles. The van der Waals surface area contributed by atoms with Gasteiger partial charge in [-0.15, -0.1) is 0 Å². The number of methoxy groups -OCH3 is 1. The summed E-state index contributed by atoms with van der Waals surface area (Å²) in [7, 11) is 1.45. The second-order valence-corrected chi connectivity index (χ2v) is 3.62. The average Bonchev–Trinajstić information content (AvgIpc) is 2.46. The Balaban J connectivity index is 1.87. The van der Waals surface area contributed by atoms with Gasteiger partial charge in [-0.3, -0.25) is 5.32 Å². The number of benzene rings is 1. The van der Waals surface area contributed by atoms with Crippen LogP contribution in [0.25, 0.3) is 0 Å². The minimum Gasteiger partial charge on any atom is -0.467 e. The van der Waals surface area contributed by atoms with E-state index >= 15 is 0 Å². The van der Waals surface area contributed by atoms with Crippen molar-refractivity contribution in [3.8, 4) is 6.01 Å². The zero-order chi connectivity index (χ0) is 13.5. The molecule has 0 spiro atoms. The Bertz CT molecular complexity index is 546. The molecule has 1 N–H and O–H groups in total. The van der Waals surface area contributed by atoms with Crippen molar-refractivity contribution in [2.24, 2.45) is 0 Å². The van der Waals surface area contributed by atoms with Crippen molar-refractivity contribution in [2.45, 2.75) is 6.61 Å². The van der Waals surface area contributed by atoms with Crippen molar-refractivity contribution in [3.05, 3.63) is 48.2 Å². The maximum atomic E-state index is 11.6. The van der Waals surface area contributed by atoms with Crippen LogP contribution in [0.3, 0.4) is 0 Å². The Hall–Kier alpha value is -2.63. The lowest BCUT2D eigenvalue weighted by molar-refractivity contribution is 0.155. The highest BCUT2D eigenvalue weighted by Gasteiger charge is 2.05. The van der Waals surface area contributed by atoms with Gasteiger partial charge in [0, 0.05) is 6.20 Å². The number of nitrogens with zero attached hydrogens (tertiary/aromatic N) is 2. The van der Waals surface area contributed by atoms with E-state index in [2.05, 4.69) is 15.3 Å². The number of rotatable bonds is 4. The molecule has 6 nitrogen and oxygen atoms in total. The van der Waals surface area contributed by atoms with Crippen LogP contribution in [0.1, 0.15) is 5.56 Å². The lowest BCUT2D eigenvalue weighted by atomic mass is 10.2. The molecule has 0 bridgehead atoms. The summed E-state index contributed by atoms with van der Waals surface area (Å²) in [5.41, 5.74) is 0.915. The van der Waals surface area contributed by atoms with E-state index in [0.717, 1.165) is 5.56 Å². The quantitative estimate of drug-likeness (QED) is 0.911. The van der Waals surface area contributed by atoms with Crippen LogP contribution in [0, 0.1) is 0 Å². The lowest BCUT2D eigenvalue weighted by Gasteiger charge is -2.06. The molecule has 0 aliphatic carbocycles. The minimum atomic E-state index is -0.579. The molecular formula is C13H13N3O3. The molecule has 0 saturated carbocycles. The van der Waals surface area contributed by atoms with Crippen LogP contribution in [0.4, 0.5) is 10.6 Å². The van der Waals surface area contributed by atoms with E-state index in [4.69, 9.17) is 9.47 Å². The van der Waals surface area contributed by atoms with E-state index < -0.39 is 6.09 Å². The van der Waals surface area contributed by atoms with Gasteiger partial charge >= 0.3 is 12.1 Å². The van der Waals surface area contributed by atoms with Crippen LogP contribution in [-0.2, 0) is 11.3 Å². The van der Waals surface area contributed by atoms with Gasteiger partial charge in [-0.05, 0) is 11.6 Å².